The second-order valence-electron chi connectivity index (χ2n) is 4.85. The van der Waals surface area contributed by atoms with Crippen molar-refractivity contribution in [1.82, 2.24) is 9.97 Å². The smallest absolute Gasteiger partial charge is 0.376 e. The van der Waals surface area contributed by atoms with Gasteiger partial charge in [-0.2, -0.15) is 0 Å². The highest BCUT2D eigenvalue weighted by molar-refractivity contribution is 5.85. The molecule has 110 valence electrons. The summed E-state index contributed by atoms with van der Waals surface area (Å²) < 4.78 is 4.59. The van der Waals surface area contributed by atoms with Crippen LogP contribution in [-0.4, -0.2) is 47.2 Å². The first-order valence-corrected chi connectivity index (χ1v) is 6.24. The van der Waals surface area contributed by atoms with Crippen LogP contribution in [0.15, 0.2) is 6.07 Å². The van der Waals surface area contributed by atoms with E-state index in [0.717, 1.165) is 0 Å². The van der Waals surface area contributed by atoms with E-state index in [1.54, 1.807) is 17.9 Å². The van der Waals surface area contributed by atoms with Crippen LogP contribution in [0.3, 0.4) is 0 Å². The largest absolute Gasteiger partial charge is 0.480 e. The SMILES string of the molecule is COC(=O)c1nc(C)cc(N(CC(=O)O)CC(C)C)n1. The molecule has 0 spiro atoms. The van der Waals surface area contributed by atoms with Gasteiger partial charge in [0.05, 0.1) is 7.11 Å². The molecule has 1 N–H and O–H groups in total. The molecule has 0 fully saturated rings. The minimum Gasteiger partial charge on any atom is -0.480 e. The third kappa shape index (κ3) is 4.49. The second-order valence-corrected chi connectivity index (χ2v) is 4.85. The average molecular weight is 281 g/mol. The van der Waals surface area contributed by atoms with E-state index in [1.165, 1.54) is 7.11 Å². The van der Waals surface area contributed by atoms with Crippen LogP contribution in [0, 0.1) is 12.8 Å². The van der Waals surface area contributed by atoms with E-state index in [-0.39, 0.29) is 18.3 Å². The molecular weight excluding hydrogens is 262 g/mol. The maximum Gasteiger partial charge on any atom is 0.376 e. The number of anilines is 1. The molecular formula is C13H19N3O4. The Hall–Kier alpha value is -2.18. The van der Waals surface area contributed by atoms with Crippen molar-refractivity contribution in [2.45, 2.75) is 20.8 Å². The number of nitrogens with zero attached hydrogens (tertiary/aromatic N) is 3. The van der Waals surface area contributed by atoms with Crippen LogP contribution in [0.1, 0.15) is 30.2 Å². The summed E-state index contributed by atoms with van der Waals surface area (Å²) in [5, 5.41) is 8.98. The van der Waals surface area contributed by atoms with Crippen LogP contribution in [0.25, 0.3) is 0 Å². The lowest BCUT2D eigenvalue weighted by Crippen LogP contribution is -2.34. The number of aryl methyl sites for hydroxylation is 1. The number of rotatable bonds is 6. The molecule has 1 heterocycles. The summed E-state index contributed by atoms with van der Waals surface area (Å²) >= 11 is 0. The monoisotopic (exact) mass is 281 g/mol. The fourth-order valence-corrected chi connectivity index (χ4v) is 1.74. The summed E-state index contributed by atoms with van der Waals surface area (Å²) in [4.78, 5) is 32.1. The van der Waals surface area contributed by atoms with E-state index in [2.05, 4.69) is 14.7 Å². The predicted molar refractivity (Wildman–Crippen MR) is 72.8 cm³/mol. The Morgan fingerprint density at radius 3 is 2.55 bits per heavy atom. The fraction of sp³-hybridized carbons (Fsp3) is 0.538. The van der Waals surface area contributed by atoms with Crippen molar-refractivity contribution < 1.29 is 19.4 Å². The number of carbonyl (C=O) groups excluding carboxylic acids is 1. The van der Waals surface area contributed by atoms with Crippen LogP contribution in [-0.2, 0) is 9.53 Å². The molecule has 0 unspecified atom stereocenters. The van der Waals surface area contributed by atoms with Crippen molar-refractivity contribution in [3.05, 3.63) is 17.6 Å². The normalized spacial score (nSPS) is 10.4. The third-order valence-electron chi connectivity index (χ3n) is 2.44. The summed E-state index contributed by atoms with van der Waals surface area (Å²) in [6.07, 6.45) is 0. The maximum atomic E-state index is 11.5. The van der Waals surface area contributed by atoms with E-state index < -0.39 is 11.9 Å². The Morgan fingerprint density at radius 1 is 1.40 bits per heavy atom. The van der Waals surface area contributed by atoms with E-state index in [4.69, 9.17) is 5.11 Å². The molecule has 0 aliphatic rings. The molecule has 0 aliphatic heterocycles. The molecule has 0 aromatic carbocycles. The fourth-order valence-electron chi connectivity index (χ4n) is 1.74. The summed E-state index contributed by atoms with van der Waals surface area (Å²) in [5.74, 6) is -1.00. The van der Waals surface area contributed by atoms with Crippen molar-refractivity contribution in [1.29, 1.82) is 0 Å². The average Bonchev–Trinajstić information content (AvgIpc) is 2.35. The van der Waals surface area contributed by atoms with Crippen molar-refractivity contribution in [3.8, 4) is 0 Å². The lowest BCUT2D eigenvalue weighted by molar-refractivity contribution is -0.135. The molecule has 0 aliphatic carbocycles. The Bertz CT molecular complexity index is 502. The molecule has 0 saturated carbocycles. The number of carbonyl (C=O) groups is 2. The molecule has 0 amide bonds. The van der Waals surface area contributed by atoms with Gasteiger partial charge in [0.2, 0.25) is 5.82 Å². The molecule has 20 heavy (non-hydrogen) atoms. The molecule has 0 saturated heterocycles. The van der Waals surface area contributed by atoms with E-state index in [9.17, 15) is 9.59 Å². The highest BCUT2D eigenvalue weighted by atomic mass is 16.5. The number of hydrogen-bond donors (Lipinski definition) is 1. The second kappa shape index (κ2) is 6.83. The number of esters is 1. The topological polar surface area (TPSA) is 92.6 Å². The molecule has 1 aromatic heterocycles. The number of carboxylic acid groups (broad SMARTS) is 1. The first-order chi connectivity index (χ1) is 9.33. The van der Waals surface area contributed by atoms with Crippen molar-refractivity contribution in [2.24, 2.45) is 5.92 Å². The van der Waals surface area contributed by atoms with Gasteiger partial charge >= 0.3 is 11.9 Å². The summed E-state index contributed by atoms with van der Waals surface area (Å²) in [6, 6.07) is 1.65. The number of aromatic nitrogens is 2. The summed E-state index contributed by atoms with van der Waals surface area (Å²) in [7, 11) is 1.25. The van der Waals surface area contributed by atoms with Gasteiger partial charge in [-0.25, -0.2) is 14.8 Å². The summed E-state index contributed by atoms with van der Waals surface area (Å²) in [5.41, 5.74) is 0.578. The molecule has 0 bridgehead atoms. The third-order valence-corrected chi connectivity index (χ3v) is 2.44. The van der Waals surface area contributed by atoms with Gasteiger partial charge < -0.3 is 14.7 Å². The number of methoxy groups -OCH3 is 1. The Balaban J connectivity index is 3.14. The maximum absolute atomic E-state index is 11.5. The molecule has 7 nitrogen and oxygen atoms in total. The molecule has 0 radical (unpaired) electrons. The Morgan fingerprint density at radius 2 is 2.05 bits per heavy atom. The van der Waals surface area contributed by atoms with E-state index >= 15 is 0 Å². The van der Waals surface area contributed by atoms with Gasteiger partial charge in [-0.15, -0.1) is 0 Å². The Labute approximate surface area is 117 Å². The minimum absolute atomic E-state index is 0.0679. The lowest BCUT2D eigenvalue weighted by Gasteiger charge is -2.24. The zero-order chi connectivity index (χ0) is 15.3. The van der Waals surface area contributed by atoms with Gasteiger partial charge in [0.15, 0.2) is 0 Å². The van der Waals surface area contributed by atoms with Gasteiger partial charge in [-0.3, -0.25) is 4.79 Å². The zero-order valence-corrected chi connectivity index (χ0v) is 12.1. The van der Waals surface area contributed by atoms with Crippen molar-refractivity contribution in [3.63, 3.8) is 0 Å². The number of hydrogen-bond acceptors (Lipinski definition) is 6. The highest BCUT2D eigenvalue weighted by Gasteiger charge is 2.18. The molecule has 1 rings (SSSR count). The van der Waals surface area contributed by atoms with E-state index in [1.807, 2.05) is 13.8 Å². The van der Waals surface area contributed by atoms with Crippen LogP contribution in [0.5, 0.6) is 0 Å². The zero-order valence-electron chi connectivity index (χ0n) is 12.1. The first kappa shape index (κ1) is 15.9. The lowest BCUT2D eigenvalue weighted by atomic mass is 10.2. The van der Waals surface area contributed by atoms with Crippen LogP contribution < -0.4 is 4.90 Å². The van der Waals surface area contributed by atoms with Gasteiger partial charge in [-0.1, -0.05) is 13.8 Å². The van der Waals surface area contributed by atoms with Gasteiger partial charge in [0.25, 0.3) is 0 Å². The predicted octanol–water partition coefficient (Wildman–Crippen LogP) is 1.12. The van der Waals surface area contributed by atoms with Crippen LogP contribution in [0.4, 0.5) is 5.82 Å². The quantitative estimate of drug-likeness (QED) is 0.781. The molecule has 7 heteroatoms. The number of carboxylic acids is 1. The minimum atomic E-state index is -0.957. The first-order valence-electron chi connectivity index (χ1n) is 6.24. The van der Waals surface area contributed by atoms with Crippen molar-refractivity contribution in [2.75, 3.05) is 25.1 Å². The Kier molecular flexibility index (Phi) is 5.42. The van der Waals surface area contributed by atoms with Crippen LogP contribution in [0.2, 0.25) is 0 Å². The van der Waals surface area contributed by atoms with Gasteiger partial charge in [0.1, 0.15) is 12.4 Å². The highest BCUT2D eigenvalue weighted by Crippen LogP contribution is 2.15. The standard InChI is InChI=1S/C13H19N3O4/c1-8(2)6-16(7-11(17)18)10-5-9(3)14-12(15-10)13(19)20-4/h5,8H,6-7H2,1-4H3,(H,17,18). The van der Waals surface area contributed by atoms with Gasteiger partial charge in [-0.05, 0) is 12.8 Å². The van der Waals surface area contributed by atoms with E-state index in [0.29, 0.717) is 18.1 Å². The molecule has 0 atom stereocenters. The summed E-state index contributed by atoms with van der Waals surface area (Å²) in [6.45, 7) is 6.00. The number of aliphatic carboxylic acids is 1. The van der Waals surface area contributed by atoms with Gasteiger partial charge in [0, 0.05) is 18.3 Å². The van der Waals surface area contributed by atoms with Crippen molar-refractivity contribution >= 4 is 17.8 Å². The van der Waals surface area contributed by atoms with Crippen LogP contribution >= 0.6 is 0 Å². The number of ether oxygens (including phenoxy) is 1. The molecule has 1 aromatic rings.